The molecule has 4 heteroatoms. The monoisotopic (exact) mass is 364 g/mol. The van der Waals surface area contributed by atoms with Gasteiger partial charge in [-0.2, -0.15) is 0 Å². The van der Waals surface area contributed by atoms with Crippen LogP contribution in [0.3, 0.4) is 0 Å². The first kappa shape index (κ1) is 15.0. The average molecular weight is 364 g/mol. The highest BCUT2D eigenvalue weighted by Gasteiger charge is 2.34. The van der Waals surface area contributed by atoms with Gasteiger partial charge in [-0.15, -0.1) is 0 Å². The van der Waals surface area contributed by atoms with Crippen LogP contribution >= 0.6 is 21.8 Å². The summed E-state index contributed by atoms with van der Waals surface area (Å²) >= 11 is 2.39. The zero-order chi connectivity index (χ0) is 12.6. The lowest BCUT2D eigenvalue weighted by molar-refractivity contribution is 0.326. The Morgan fingerprint density at radius 2 is 1.82 bits per heavy atom. The van der Waals surface area contributed by atoms with Crippen LogP contribution in [0.25, 0.3) is 0 Å². The summed E-state index contributed by atoms with van der Waals surface area (Å²) in [5.74, 6) is 0.922. The Balaban J connectivity index is 2.45. The Hall–Kier alpha value is -0.0731. The van der Waals surface area contributed by atoms with Crippen LogP contribution in [-0.2, 0) is 4.43 Å². The highest BCUT2D eigenvalue weighted by atomic mass is 127. The van der Waals surface area contributed by atoms with E-state index in [1.807, 2.05) is 30.3 Å². The summed E-state index contributed by atoms with van der Waals surface area (Å²) in [7, 11) is 1.77. The minimum atomic E-state index is -2.04. The second kappa shape index (κ2) is 8.10. The molecule has 0 aliphatic rings. The van der Waals surface area contributed by atoms with Gasteiger partial charge in [-0.25, -0.2) is 0 Å². The van der Waals surface area contributed by atoms with Crippen molar-refractivity contribution in [3.8, 4) is 5.75 Å². The molecule has 0 aliphatic heterocycles. The smallest absolute Gasteiger partial charge is 0.468 e. The lowest BCUT2D eigenvalue weighted by Gasteiger charge is -2.23. The van der Waals surface area contributed by atoms with Crippen molar-refractivity contribution in [1.82, 2.24) is 0 Å². The molecule has 1 aromatic rings. The van der Waals surface area contributed by atoms with Crippen molar-refractivity contribution >= 4 is 27.9 Å². The number of rotatable bonds is 8. The predicted octanol–water partition coefficient (Wildman–Crippen LogP) is 4.67. The second-order valence-corrected chi connectivity index (χ2v) is 11.5. The second-order valence-electron chi connectivity index (χ2n) is 4.09. The van der Waals surface area contributed by atoms with Crippen LogP contribution in [0.5, 0.6) is 5.75 Å². The first-order chi connectivity index (χ1) is 8.20. The molecule has 1 unspecified atom stereocenters. The van der Waals surface area contributed by atoms with E-state index in [4.69, 9.17) is 8.85 Å². The molecule has 0 saturated heterocycles. The first-order valence-electron chi connectivity index (χ1n) is 6.18. The minimum Gasteiger partial charge on any atom is -0.513 e. The van der Waals surface area contributed by atoms with Crippen molar-refractivity contribution in [3.63, 3.8) is 0 Å². The molecule has 96 valence electrons. The number of hydrogen-bond donors (Lipinski definition) is 0. The van der Waals surface area contributed by atoms with Crippen LogP contribution in [0.1, 0.15) is 32.6 Å². The van der Waals surface area contributed by atoms with Crippen molar-refractivity contribution in [2.45, 2.75) is 38.7 Å². The topological polar surface area (TPSA) is 18.5 Å². The van der Waals surface area contributed by atoms with Crippen LogP contribution in [0, 0.1) is 0 Å². The van der Waals surface area contributed by atoms with Gasteiger partial charge in [0.1, 0.15) is 5.75 Å². The van der Waals surface area contributed by atoms with Crippen molar-refractivity contribution in [3.05, 3.63) is 30.3 Å². The zero-order valence-electron chi connectivity index (χ0n) is 10.6. The zero-order valence-corrected chi connectivity index (χ0v) is 13.8. The summed E-state index contributed by atoms with van der Waals surface area (Å²) in [5, 5.41) is 0. The standard InChI is InChI=1S/C13H21IO2Si/c1-3-4-5-9-12-17(14,15-2)16-13-10-7-6-8-11-13/h6-8,10-11H,3-5,9,12H2,1-2H3. The summed E-state index contributed by atoms with van der Waals surface area (Å²) in [6, 6.07) is 8.98. The molecule has 1 rings (SSSR count). The van der Waals surface area contributed by atoms with E-state index in [2.05, 4.69) is 28.7 Å². The third-order valence-corrected chi connectivity index (χ3v) is 8.35. The number of hydrogen-bond acceptors (Lipinski definition) is 2. The van der Waals surface area contributed by atoms with Gasteiger partial charge in [-0.1, -0.05) is 44.4 Å². The highest BCUT2D eigenvalue weighted by molar-refractivity contribution is 14.1. The van der Waals surface area contributed by atoms with Crippen molar-refractivity contribution in [2.24, 2.45) is 0 Å². The molecule has 0 fully saturated rings. The molecule has 0 aliphatic carbocycles. The van der Waals surface area contributed by atoms with Crippen LogP contribution in [0.15, 0.2) is 30.3 Å². The molecule has 1 aromatic carbocycles. The van der Waals surface area contributed by atoms with Gasteiger partial charge in [0.15, 0.2) is 0 Å². The largest absolute Gasteiger partial charge is 0.513 e. The lowest BCUT2D eigenvalue weighted by atomic mass is 10.2. The van der Waals surface area contributed by atoms with E-state index >= 15 is 0 Å². The number of para-hydroxylation sites is 1. The quantitative estimate of drug-likeness (QED) is 0.289. The first-order valence-corrected chi connectivity index (χ1v) is 11.3. The maximum Gasteiger partial charge on any atom is 0.468 e. The SMILES string of the molecule is CCCCCC[Si](I)(OC)Oc1ccccc1. The lowest BCUT2D eigenvalue weighted by Crippen LogP contribution is -2.37. The highest BCUT2D eigenvalue weighted by Crippen LogP contribution is 2.27. The fourth-order valence-electron chi connectivity index (χ4n) is 1.62. The van der Waals surface area contributed by atoms with E-state index < -0.39 is 6.06 Å². The van der Waals surface area contributed by atoms with E-state index in [1.54, 1.807) is 7.11 Å². The van der Waals surface area contributed by atoms with Crippen molar-refractivity contribution in [1.29, 1.82) is 0 Å². The fourth-order valence-corrected chi connectivity index (χ4v) is 5.08. The Kier molecular flexibility index (Phi) is 7.14. The Morgan fingerprint density at radius 1 is 1.12 bits per heavy atom. The summed E-state index contributed by atoms with van der Waals surface area (Å²) in [6.07, 6.45) is 5.04. The predicted molar refractivity (Wildman–Crippen MR) is 82.8 cm³/mol. The molecule has 0 bridgehead atoms. The molecule has 0 heterocycles. The Bertz CT molecular complexity index is 308. The molecule has 2 nitrogen and oxygen atoms in total. The van der Waals surface area contributed by atoms with Gasteiger partial charge >= 0.3 is 6.06 Å². The number of unbranched alkanes of at least 4 members (excludes halogenated alkanes) is 3. The maximum atomic E-state index is 6.03. The molecule has 17 heavy (non-hydrogen) atoms. The summed E-state index contributed by atoms with van der Waals surface area (Å²) < 4.78 is 11.7. The molecular formula is C13H21IO2Si. The van der Waals surface area contributed by atoms with Crippen LogP contribution < -0.4 is 4.43 Å². The van der Waals surface area contributed by atoms with Gasteiger partial charge in [0.05, 0.1) is 0 Å². The molecule has 0 amide bonds. The molecule has 0 N–H and O–H groups in total. The average Bonchev–Trinajstić information content (AvgIpc) is 2.36. The molecule has 0 saturated carbocycles. The van der Waals surface area contributed by atoms with Crippen molar-refractivity contribution in [2.75, 3.05) is 7.11 Å². The third kappa shape index (κ3) is 5.88. The molecule has 0 spiro atoms. The van der Waals surface area contributed by atoms with E-state index in [0.717, 1.165) is 11.8 Å². The van der Waals surface area contributed by atoms with Crippen LogP contribution in [-0.4, -0.2) is 13.2 Å². The molecule has 0 aromatic heterocycles. The minimum absolute atomic E-state index is 0.922. The van der Waals surface area contributed by atoms with Crippen LogP contribution in [0.4, 0.5) is 0 Å². The fraction of sp³-hybridized carbons (Fsp3) is 0.538. The maximum absolute atomic E-state index is 6.03. The van der Waals surface area contributed by atoms with E-state index in [-0.39, 0.29) is 0 Å². The van der Waals surface area contributed by atoms with Gasteiger partial charge in [-0.05, 0) is 40.4 Å². The Labute approximate surface area is 118 Å². The number of benzene rings is 1. The summed E-state index contributed by atoms with van der Waals surface area (Å²) in [5.41, 5.74) is 0. The third-order valence-electron chi connectivity index (χ3n) is 2.65. The van der Waals surface area contributed by atoms with Gasteiger partial charge in [0.25, 0.3) is 0 Å². The molecule has 1 atom stereocenters. The molecule has 0 radical (unpaired) electrons. The van der Waals surface area contributed by atoms with E-state index in [9.17, 15) is 0 Å². The molecular weight excluding hydrogens is 343 g/mol. The van der Waals surface area contributed by atoms with E-state index in [1.165, 1.54) is 25.7 Å². The summed E-state index contributed by atoms with van der Waals surface area (Å²) in [4.78, 5) is 0. The van der Waals surface area contributed by atoms with Gasteiger partial charge in [-0.3, -0.25) is 0 Å². The number of halogens is 1. The van der Waals surface area contributed by atoms with Crippen molar-refractivity contribution < 1.29 is 8.85 Å². The van der Waals surface area contributed by atoms with Gasteiger partial charge in [0.2, 0.25) is 0 Å². The Morgan fingerprint density at radius 3 is 2.41 bits per heavy atom. The van der Waals surface area contributed by atoms with Crippen LogP contribution in [0.2, 0.25) is 6.04 Å². The van der Waals surface area contributed by atoms with Gasteiger partial charge < -0.3 is 8.85 Å². The summed E-state index contributed by atoms with van der Waals surface area (Å²) in [6.45, 7) is 2.23. The normalized spacial score (nSPS) is 14.3. The van der Waals surface area contributed by atoms with E-state index in [0.29, 0.717) is 0 Å². The van der Waals surface area contributed by atoms with Gasteiger partial charge in [0, 0.05) is 13.2 Å².